The van der Waals surface area contributed by atoms with Gasteiger partial charge in [0.2, 0.25) is 0 Å². The average Bonchev–Trinajstić information content (AvgIpc) is 2.95. The van der Waals surface area contributed by atoms with Crippen LogP contribution in [-0.4, -0.2) is 45.4 Å². The third-order valence-electron chi connectivity index (χ3n) is 4.01. The van der Waals surface area contributed by atoms with Gasteiger partial charge < -0.3 is 20.1 Å². The number of carbonyl (C=O) groups excluding carboxylic acids is 1. The highest BCUT2D eigenvalue weighted by Crippen LogP contribution is 2.21. The highest BCUT2D eigenvalue weighted by Gasteiger charge is 2.33. The van der Waals surface area contributed by atoms with Gasteiger partial charge in [-0.1, -0.05) is 6.07 Å². The number of hydrogen-bond acceptors (Lipinski definition) is 4. The Kier molecular flexibility index (Phi) is 7.13. The summed E-state index contributed by atoms with van der Waals surface area (Å²) >= 11 is 0. The summed E-state index contributed by atoms with van der Waals surface area (Å²) in [6.07, 6.45) is 2.12. The van der Waals surface area contributed by atoms with Crippen molar-refractivity contribution in [2.24, 2.45) is 0 Å². The summed E-state index contributed by atoms with van der Waals surface area (Å²) in [5.41, 5.74) is 1.49. The van der Waals surface area contributed by atoms with Crippen molar-refractivity contribution in [1.82, 2.24) is 10.6 Å². The minimum Gasteiger partial charge on any atom is -0.496 e. The van der Waals surface area contributed by atoms with Gasteiger partial charge in [0.15, 0.2) is 0 Å². The van der Waals surface area contributed by atoms with E-state index in [1.54, 1.807) is 20.3 Å². The molecule has 2 N–H and O–H groups in total. The molecule has 1 aromatic rings. The SMILES string of the molecule is COCC1(CNC(=O)c2ccc(C)c(OC)c2)CCCN1.Cl. The molecule has 5 nitrogen and oxygen atoms in total. The lowest BCUT2D eigenvalue weighted by molar-refractivity contribution is 0.0892. The number of nitrogens with one attached hydrogen (secondary N) is 2. The fourth-order valence-corrected chi connectivity index (χ4v) is 2.78. The molecule has 1 aliphatic rings. The smallest absolute Gasteiger partial charge is 0.251 e. The molecule has 6 heteroatoms. The lowest BCUT2D eigenvalue weighted by atomic mass is 9.98. The molecule has 0 bridgehead atoms. The van der Waals surface area contributed by atoms with Crippen LogP contribution in [0.5, 0.6) is 5.75 Å². The number of ether oxygens (including phenoxy) is 2. The molecule has 0 aromatic heterocycles. The van der Waals surface area contributed by atoms with Gasteiger partial charge in [0.25, 0.3) is 5.91 Å². The van der Waals surface area contributed by atoms with Gasteiger partial charge >= 0.3 is 0 Å². The van der Waals surface area contributed by atoms with Crippen LogP contribution in [0.4, 0.5) is 0 Å². The molecule has 0 aliphatic carbocycles. The first-order valence-corrected chi connectivity index (χ1v) is 7.27. The first-order chi connectivity index (χ1) is 10.1. The van der Waals surface area contributed by atoms with Crippen LogP contribution in [-0.2, 0) is 4.74 Å². The molecule has 1 amide bonds. The van der Waals surface area contributed by atoms with Crippen molar-refractivity contribution >= 4 is 18.3 Å². The molecule has 124 valence electrons. The van der Waals surface area contributed by atoms with Gasteiger partial charge in [0, 0.05) is 19.2 Å². The quantitative estimate of drug-likeness (QED) is 0.837. The van der Waals surface area contributed by atoms with Crippen molar-refractivity contribution in [2.75, 3.05) is 33.9 Å². The van der Waals surface area contributed by atoms with E-state index in [2.05, 4.69) is 10.6 Å². The zero-order chi connectivity index (χ0) is 15.3. The van der Waals surface area contributed by atoms with Gasteiger partial charge in [-0.3, -0.25) is 4.79 Å². The number of aryl methyl sites for hydroxylation is 1. The molecule has 1 saturated heterocycles. The lowest BCUT2D eigenvalue weighted by Gasteiger charge is -2.29. The van der Waals surface area contributed by atoms with Crippen LogP contribution in [0.2, 0.25) is 0 Å². The Hall–Kier alpha value is -1.30. The van der Waals surface area contributed by atoms with Crippen molar-refractivity contribution in [3.63, 3.8) is 0 Å². The van der Waals surface area contributed by atoms with Crippen LogP contribution in [0.3, 0.4) is 0 Å². The molecular weight excluding hydrogens is 304 g/mol. The van der Waals surface area contributed by atoms with E-state index in [9.17, 15) is 4.79 Å². The molecule has 1 atom stereocenters. The van der Waals surface area contributed by atoms with E-state index in [4.69, 9.17) is 9.47 Å². The van der Waals surface area contributed by atoms with E-state index in [-0.39, 0.29) is 23.9 Å². The maximum Gasteiger partial charge on any atom is 0.251 e. The van der Waals surface area contributed by atoms with E-state index >= 15 is 0 Å². The number of hydrogen-bond donors (Lipinski definition) is 2. The minimum absolute atomic E-state index is 0. The van der Waals surface area contributed by atoms with E-state index in [1.165, 1.54) is 0 Å². The molecule has 0 radical (unpaired) electrons. The van der Waals surface area contributed by atoms with Crippen molar-refractivity contribution in [3.8, 4) is 5.75 Å². The van der Waals surface area contributed by atoms with Gasteiger partial charge in [-0.15, -0.1) is 12.4 Å². The van der Waals surface area contributed by atoms with Gasteiger partial charge in [-0.2, -0.15) is 0 Å². The van der Waals surface area contributed by atoms with Crippen LogP contribution in [0.1, 0.15) is 28.8 Å². The Morgan fingerprint density at radius 1 is 1.41 bits per heavy atom. The molecule has 1 unspecified atom stereocenters. The van der Waals surface area contributed by atoms with Gasteiger partial charge in [0.1, 0.15) is 5.75 Å². The first-order valence-electron chi connectivity index (χ1n) is 7.27. The average molecular weight is 329 g/mol. The van der Waals surface area contributed by atoms with Crippen molar-refractivity contribution < 1.29 is 14.3 Å². The summed E-state index contributed by atoms with van der Waals surface area (Å²) in [6.45, 7) is 4.09. The second-order valence-corrected chi connectivity index (χ2v) is 5.61. The number of halogens is 1. The Morgan fingerprint density at radius 2 is 2.18 bits per heavy atom. The van der Waals surface area contributed by atoms with Crippen LogP contribution in [0, 0.1) is 6.92 Å². The standard InChI is InChI=1S/C16H24N2O3.ClH/c1-12-5-6-13(9-14(12)21-3)15(19)17-10-16(11-20-2)7-4-8-18-16;/h5-6,9,18H,4,7-8,10-11H2,1-3H3,(H,17,19);1H. The molecule has 22 heavy (non-hydrogen) atoms. The van der Waals surface area contributed by atoms with E-state index in [0.717, 1.165) is 30.7 Å². The van der Waals surface area contributed by atoms with Crippen LogP contribution >= 0.6 is 12.4 Å². The summed E-state index contributed by atoms with van der Waals surface area (Å²) in [7, 11) is 3.30. The van der Waals surface area contributed by atoms with E-state index < -0.39 is 0 Å². The van der Waals surface area contributed by atoms with Crippen LogP contribution in [0.15, 0.2) is 18.2 Å². The van der Waals surface area contributed by atoms with Crippen molar-refractivity contribution in [2.45, 2.75) is 25.3 Å². The predicted molar refractivity (Wildman–Crippen MR) is 89.2 cm³/mol. The Balaban J connectivity index is 0.00000242. The fourth-order valence-electron chi connectivity index (χ4n) is 2.78. The zero-order valence-corrected chi connectivity index (χ0v) is 14.2. The fraction of sp³-hybridized carbons (Fsp3) is 0.562. The number of rotatable bonds is 6. The Bertz CT molecular complexity index is 502. The molecule has 2 rings (SSSR count). The van der Waals surface area contributed by atoms with E-state index in [0.29, 0.717) is 18.7 Å². The second-order valence-electron chi connectivity index (χ2n) is 5.61. The third kappa shape index (κ3) is 4.35. The number of benzene rings is 1. The second kappa shape index (κ2) is 8.36. The van der Waals surface area contributed by atoms with Crippen LogP contribution < -0.4 is 15.4 Å². The van der Waals surface area contributed by atoms with Crippen LogP contribution in [0.25, 0.3) is 0 Å². The summed E-state index contributed by atoms with van der Waals surface area (Å²) in [6, 6.07) is 5.49. The molecule has 1 fully saturated rings. The molecule has 1 aliphatic heterocycles. The zero-order valence-electron chi connectivity index (χ0n) is 13.4. The normalized spacial score (nSPS) is 20.3. The molecular formula is C16H25ClN2O3. The lowest BCUT2D eigenvalue weighted by Crippen LogP contribution is -2.53. The number of amides is 1. The molecule has 1 heterocycles. The number of carbonyl (C=O) groups is 1. The number of methoxy groups -OCH3 is 2. The van der Waals surface area contributed by atoms with Gasteiger partial charge in [-0.05, 0) is 44.0 Å². The third-order valence-corrected chi connectivity index (χ3v) is 4.01. The molecule has 0 spiro atoms. The summed E-state index contributed by atoms with van der Waals surface area (Å²) < 4.78 is 10.5. The highest BCUT2D eigenvalue weighted by atomic mass is 35.5. The van der Waals surface area contributed by atoms with E-state index in [1.807, 2.05) is 19.1 Å². The highest BCUT2D eigenvalue weighted by molar-refractivity contribution is 5.94. The molecule has 1 aromatic carbocycles. The van der Waals surface area contributed by atoms with Gasteiger partial charge in [-0.25, -0.2) is 0 Å². The largest absolute Gasteiger partial charge is 0.496 e. The summed E-state index contributed by atoms with van der Waals surface area (Å²) in [5, 5.41) is 6.45. The van der Waals surface area contributed by atoms with Crippen molar-refractivity contribution in [3.05, 3.63) is 29.3 Å². The first kappa shape index (κ1) is 18.7. The predicted octanol–water partition coefficient (Wildman–Crippen LogP) is 1.92. The van der Waals surface area contributed by atoms with Gasteiger partial charge in [0.05, 0.1) is 19.3 Å². The Morgan fingerprint density at radius 3 is 2.77 bits per heavy atom. The minimum atomic E-state index is -0.140. The maximum absolute atomic E-state index is 12.3. The van der Waals surface area contributed by atoms with Crippen molar-refractivity contribution in [1.29, 1.82) is 0 Å². The molecule has 0 saturated carbocycles. The maximum atomic E-state index is 12.3. The monoisotopic (exact) mass is 328 g/mol. The summed E-state index contributed by atoms with van der Waals surface area (Å²) in [4.78, 5) is 12.3. The topological polar surface area (TPSA) is 59.6 Å². The Labute approximate surface area is 138 Å². The summed E-state index contributed by atoms with van der Waals surface area (Å²) in [5.74, 6) is 0.644.